The van der Waals surface area contributed by atoms with Gasteiger partial charge in [-0.05, 0) is 30.9 Å². The number of carboxylic acid groups (broad SMARTS) is 1. The first-order valence-electron chi connectivity index (χ1n) is 6.66. The molecule has 7 nitrogen and oxygen atoms in total. The largest absolute Gasteiger partial charge is 0.481 e. The van der Waals surface area contributed by atoms with E-state index < -0.39 is 10.9 Å². The van der Waals surface area contributed by atoms with Crippen molar-refractivity contribution in [1.29, 1.82) is 5.26 Å². The molecule has 1 aromatic carbocycles. The van der Waals surface area contributed by atoms with Crippen LogP contribution in [0.3, 0.4) is 0 Å². The Morgan fingerprint density at radius 1 is 1.57 bits per heavy atom. The van der Waals surface area contributed by atoms with Crippen LogP contribution in [0.1, 0.15) is 24.8 Å². The number of hydrogen-bond donors (Lipinski definition) is 1. The van der Waals surface area contributed by atoms with Gasteiger partial charge in [-0.25, -0.2) is 0 Å². The highest BCUT2D eigenvalue weighted by molar-refractivity contribution is 5.66. The fourth-order valence-corrected chi connectivity index (χ4v) is 2.60. The minimum absolute atomic E-state index is 0.0477. The van der Waals surface area contributed by atoms with Crippen LogP contribution in [0.15, 0.2) is 18.2 Å². The number of carbonyl (C=O) groups is 1. The SMILES string of the molecule is N#Cc1cc(N2CCC(CCC(=O)O)C2)ccc1[N+](=O)[O-]. The van der Waals surface area contributed by atoms with Gasteiger partial charge in [-0.3, -0.25) is 14.9 Å². The first-order valence-corrected chi connectivity index (χ1v) is 6.66. The molecular formula is C14H15N3O4. The molecule has 1 heterocycles. The number of nitrogens with zero attached hydrogens (tertiary/aromatic N) is 3. The molecule has 0 aliphatic carbocycles. The highest BCUT2D eigenvalue weighted by Gasteiger charge is 2.24. The van der Waals surface area contributed by atoms with Gasteiger partial charge in [0.05, 0.1) is 4.92 Å². The van der Waals surface area contributed by atoms with E-state index in [1.54, 1.807) is 6.07 Å². The first-order chi connectivity index (χ1) is 10.0. The first kappa shape index (κ1) is 14.8. The molecule has 1 atom stereocenters. The van der Waals surface area contributed by atoms with Crippen molar-refractivity contribution in [3.63, 3.8) is 0 Å². The van der Waals surface area contributed by atoms with Crippen LogP contribution >= 0.6 is 0 Å². The molecule has 1 aliphatic rings. The minimum atomic E-state index is -0.796. The second-order valence-corrected chi connectivity index (χ2v) is 5.10. The zero-order valence-corrected chi connectivity index (χ0v) is 11.4. The number of nitro benzene ring substituents is 1. The maximum absolute atomic E-state index is 10.8. The summed E-state index contributed by atoms with van der Waals surface area (Å²) >= 11 is 0. The number of nitriles is 1. The Labute approximate surface area is 121 Å². The van der Waals surface area contributed by atoms with Crippen LogP contribution in [0.25, 0.3) is 0 Å². The van der Waals surface area contributed by atoms with Gasteiger partial charge in [-0.2, -0.15) is 5.26 Å². The lowest BCUT2D eigenvalue weighted by Crippen LogP contribution is -2.20. The Kier molecular flexibility index (Phi) is 4.38. The Morgan fingerprint density at radius 2 is 2.33 bits per heavy atom. The lowest BCUT2D eigenvalue weighted by atomic mass is 10.0. The maximum Gasteiger partial charge on any atom is 0.303 e. The summed E-state index contributed by atoms with van der Waals surface area (Å²) in [7, 11) is 0. The summed E-state index contributed by atoms with van der Waals surface area (Å²) in [5.74, 6) is -0.489. The summed E-state index contributed by atoms with van der Waals surface area (Å²) < 4.78 is 0. The highest BCUT2D eigenvalue weighted by atomic mass is 16.6. The summed E-state index contributed by atoms with van der Waals surface area (Å²) in [6.07, 6.45) is 1.68. The summed E-state index contributed by atoms with van der Waals surface area (Å²) in [4.78, 5) is 22.8. The lowest BCUT2D eigenvalue weighted by molar-refractivity contribution is -0.385. The average molecular weight is 289 g/mol. The van der Waals surface area contributed by atoms with E-state index in [0.717, 1.165) is 25.2 Å². The summed E-state index contributed by atoms with van der Waals surface area (Å²) in [5.41, 5.74) is 0.629. The minimum Gasteiger partial charge on any atom is -0.481 e. The third kappa shape index (κ3) is 3.48. The average Bonchev–Trinajstić information content (AvgIpc) is 2.93. The van der Waals surface area contributed by atoms with Gasteiger partial charge in [0.25, 0.3) is 5.69 Å². The normalized spacial score (nSPS) is 17.5. The number of rotatable bonds is 5. The van der Waals surface area contributed by atoms with E-state index in [0.29, 0.717) is 12.3 Å². The third-order valence-corrected chi connectivity index (χ3v) is 3.71. The number of hydrogen-bond acceptors (Lipinski definition) is 5. The molecule has 1 aliphatic heterocycles. The van der Waals surface area contributed by atoms with E-state index in [4.69, 9.17) is 10.4 Å². The quantitative estimate of drug-likeness (QED) is 0.657. The van der Waals surface area contributed by atoms with Crippen LogP contribution in [0, 0.1) is 27.4 Å². The molecule has 0 aromatic heterocycles. The lowest BCUT2D eigenvalue weighted by Gasteiger charge is -2.18. The fourth-order valence-electron chi connectivity index (χ4n) is 2.60. The van der Waals surface area contributed by atoms with Crippen LogP contribution in [0.4, 0.5) is 11.4 Å². The van der Waals surface area contributed by atoms with Gasteiger partial charge in [0.1, 0.15) is 11.6 Å². The molecule has 1 fully saturated rings. The molecule has 0 bridgehead atoms. The molecule has 0 radical (unpaired) electrons. The van der Waals surface area contributed by atoms with Crippen molar-refractivity contribution >= 4 is 17.3 Å². The number of carboxylic acids is 1. The summed E-state index contributed by atoms with van der Waals surface area (Å²) in [5, 5.41) is 28.5. The van der Waals surface area contributed by atoms with E-state index >= 15 is 0 Å². The molecule has 1 saturated heterocycles. The summed E-state index contributed by atoms with van der Waals surface area (Å²) in [6.45, 7) is 1.49. The van der Waals surface area contributed by atoms with Gasteiger partial charge in [0.2, 0.25) is 0 Å². The van der Waals surface area contributed by atoms with Crippen molar-refractivity contribution in [3.05, 3.63) is 33.9 Å². The predicted molar refractivity (Wildman–Crippen MR) is 75.0 cm³/mol. The predicted octanol–water partition coefficient (Wildman–Crippen LogP) is 2.16. The molecule has 2 rings (SSSR count). The Bertz CT molecular complexity index is 609. The molecule has 1 aromatic rings. The van der Waals surface area contributed by atoms with Crippen molar-refractivity contribution < 1.29 is 14.8 Å². The second-order valence-electron chi connectivity index (χ2n) is 5.10. The van der Waals surface area contributed by atoms with E-state index in [2.05, 4.69) is 0 Å². The number of benzene rings is 1. The Hall–Kier alpha value is -2.62. The number of nitro groups is 1. The van der Waals surface area contributed by atoms with Gasteiger partial charge < -0.3 is 10.0 Å². The molecule has 0 amide bonds. The van der Waals surface area contributed by atoms with Gasteiger partial charge in [-0.15, -0.1) is 0 Å². The molecule has 1 unspecified atom stereocenters. The zero-order valence-electron chi connectivity index (χ0n) is 11.4. The molecule has 110 valence electrons. The second kappa shape index (κ2) is 6.22. The van der Waals surface area contributed by atoms with Crippen molar-refractivity contribution in [2.75, 3.05) is 18.0 Å². The topological polar surface area (TPSA) is 107 Å². The highest BCUT2D eigenvalue weighted by Crippen LogP contribution is 2.29. The van der Waals surface area contributed by atoms with E-state index in [9.17, 15) is 14.9 Å². The molecule has 0 saturated carbocycles. The van der Waals surface area contributed by atoms with Crippen LogP contribution < -0.4 is 4.90 Å². The molecule has 21 heavy (non-hydrogen) atoms. The van der Waals surface area contributed by atoms with Crippen molar-refractivity contribution in [2.45, 2.75) is 19.3 Å². The standard InChI is InChI=1S/C14H15N3O4/c15-8-11-7-12(2-3-13(11)17(20)21)16-6-5-10(9-16)1-4-14(18)19/h2-3,7,10H,1,4-6,9H2,(H,18,19). The van der Waals surface area contributed by atoms with Crippen molar-refractivity contribution in [1.82, 2.24) is 0 Å². The monoisotopic (exact) mass is 289 g/mol. The van der Waals surface area contributed by atoms with Crippen LogP contribution in [0.5, 0.6) is 0 Å². The van der Waals surface area contributed by atoms with Crippen LogP contribution in [-0.4, -0.2) is 29.1 Å². The third-order valence-electron chi connectivity index (χ3n) is 3.71. The van der Waals surface area contributed by atoms with Gasteiger partial charge in [0, 0.05) is 31.3 Å². The summed E-state index contributed by atoms with van der Waals surface area (Å²) in [6, 6.07) is 6.35. The molecule has 1 N–H and O–H groups in total. The van der Waals surface area contributed by atoms with E-state index in [1.807, 2.05) is 11.0 Å². The van der Waals surface area contributed by atoms with E-state index in [1.165, 1.54) is 12.1 Å². The van der Waals surface area contributed by atoms with Gasteiger partial charge in [0.15, 0.2) is 0 Å². The molecule has 7 heteroatoms. The fraction of sp³-hybridized carbons (Fsp3) is 0.429. The molecular weight excluding hydrogens is 274 g/mol. The van der Waals surface area contributed by atoms with Crippen LogP contribution in [0.2, 0.25) is 0 Å². The van der Waals surface area contributed by atoms with E-state index in [-0.39, 0.29) is 17.7 Å². The van der Waals surface area contributed by atoms with Crippen LogP contribution in [-0.2, 0) is 4.79 Å². The maximum atomic E-state index is 10.8. The zero-order chi connectivity index (χ0) is 15.4. The van der Waals surface area contributed by atoms with Crippen molar-refractivity contribution in [2.24, 2.45) is 5.92 Å². The van der Waals surface area contributed by atoms with Crippen molar-refractivity contribution in [3.8, 4) is 6.07 Å². The Balaban J connectivity index is 2.08. The Morgan fingerprint density at radius 3 is 2.95 bits per heavy atom. The molecule has 0 spiro atoms. The smallest absolute Gasteiger partial charge is 0.303 e. The number of anilines is 1. The van der Waals surface area contributed by atoms with Gasteiger partial charge in [-0.1, -0.05) is 0 Å². The van der Waals surface area contributed by atoms with Gasteiger partial charge >= 0.3 is 5.97 Å². The number of aliphatic carboxylic acids is 1.